The number of hydrogen-bond acceptors (Lipinski definition) is 3. The summed E-state index contributed by atoms with van der Waals surface area (Å²) >= 11 is 0. The van der Waals surface area contributed by atoms with E-state index in [-0.39, 0.29) is 12.4 Å². The molecule has 106 valence electrons. The van der Waals surface area contributed by atoms with Crippen molar-refractivity contribution in [2.24, 2.45) is 7.05 Å². The van der Waals surface area contributed by atoms with Crippen molar-refractivity contribution in [1.29, 1.82) is 0 Å². The average Bonchev–Trinajstić information content (AvgIpc) is 2.86. The van der Waals surface area contributed by atoms with Crippen LogP contribution in [0.15, 0.2) is 18.3 Å². The lowest BCUT2D eigenvalue weighted by molar-refractivity contribution is 0.492. The molecule has 0 aliphatic heterocycles. The Labute approximate surface area is 120 Å². The minimum atomic E-state index is 0. The number of rotatable bonds is 5. The maximum atomic E-state index is 4.33. The molecule has 6 heteroatoms. The Morgan fingerprint density at radius 1 is 1.26 bits per heavy atom. The molecular weight excluding hydrogens is 262 g/mol. The van der Waals surface area contributed by atoms with Crippen LogP contribution in [0.2, 0.25) is 0 Å². The van der Waals surface area contributed by atoms with Gasteiger partial charge >= 0.3 is 0 Å². The molecule has 19 heavy (non-hydrogen) atoms. The van der Waals surface area contributed by atoms with Crippen molar-refractivity contribution in [3.05, 3.63) is 35.4 Å². The Morgan fingerprint density at radius 3 is 2.53 bits per heavy atom. The van der Waals surface area contributed by atoms with E-state index in [0.29, 0.717) is 6.04 Å². The van der Waals surface area contributed by atoms with Crippen LogP contribution in [0.5, 0.6) is 0 Å². The summed E-state index contributed by atoms with van der Waals surface area (Å²) in [5.74, 6) is 0. The smallest absolute Gasteiger partial charge is 0.0597 e. The summed E-state index contributed by atoms with van der Waals surface area (Å²) < 4.78 is 3.96. The summed E-state index contributed by atoms with van der Waals surface area (Å²) in [7, 11) is 1.97. The van der Waals surface area contributed by atoms with Crippen molar-refractivity contribution < 1.29 is 0 Å². The highest BCUT2D eigenvalue weighted by Crippen LogP contribution is 2.08. The molecular formula is C13H22ClN5. The van der Waals surface area contributed by atoms with Crippen molar-refractivity contribution in [1.82, 2.24) is 24.9 Å². The van der Waals surface area contributed by atoms with Gasteiger partial charge in [-0.2, -0.15) is 10.2 Å². The minimum absolute atomic E-state index is 0. The van der Waals surface area contributed by atoms with Crippen LogP contribution in [-0.2, 0) is 20.1 Å². The van der Waals surface area contributed by atoms with Gasteiger partial charge in [-0.1, -0.05) is 0 Å². The van der Waals surface area contributed by atoms with E-state index in [9.17, 15) is 0 Å². The Balaban J connectivity index is 0.00000180. The van der Waals surface area contributed by atoms with Gasteiger partial charge in [0.25, 0.3) is 0 Å². The van der Waals surface area contributed by atoms with Crippen LogP contribution >= 0.6 is 12.4 Å². The predicted molar refractivity (Wildman–Crippen MR) is 78.3 cm³/mol. The van der Waals surface area contributed by atoms with Gasteiger partial charge in [-0.25, -0.2) is 0 Å². The van der Waals surface area contributed by atoms with Crippen molar-refractivity contribution in [2.75, 3.05) is 0 Å². The Hall–Kier alpha value is -1.33. The third-order valence-electron chi connectivity index (χ3n) is 2.95. The molecule has 0 saturated carbocycles. The van der Waals surface area contributed by atoms with Gasteiger partial charge in [0.15, 0.2) is 0 Å². The van der Waals surface area contributed by atoms with E-state index in [2.05, 4.69) is 41.5 Å². The van der Waals surface area contributed by atoms with Crippen molar-refractivity contribution in [3.8, 4) is 0 Å². The fraction of sp³-hybridized carbons (Fsp3) is 0.538. The SMILES string of the molecule is Cc1cc(CNCc2ccnn2C(C)C)n(C)n1.Cl. The monoisotopic (exact) mass is 283 g/mol. The van der Waals surface area contributed by atoms with Crippen LogP contribution < -0.4 is 5.32 Å². The zero-order valence-corrected chi connectivity index (χ0v) is 12.7. The van der Waals surface area contributed by atoms with Gasteiger partial charge in [0, 0.05) is 32.4 Å². The van der Waals surface area contributed by atoms with E-state index < -0.39 is 0 Å². The number of aromatic nitrogens is 4. The van der Waals surface area contributed by atoms with E-state index in [4.69, 9.17) is 0 Å². The number of hydrogen-bond donors (Lipinski definition) is 1. The molecule has 0 saturated heterocycles. The molecule has 0 bridgehead atoms. The molecule has 0 radical (unpaired) electrons. The first-order valence-electron chi connectivity index (χ1n) is 6.30. The van der Waals surface area contributed by atoms with Gasteiger partial charge in [0.1, 0.15) is 0 Å². The first-order valence-corrected chi connectivity index (χ1v) is 6.30. The lowest BCUT2D eigenvalue weighted by Gasteiger charge is -2.11. The van der Waals surface area contributed by atoms with Crippen molar-refractivity contribution in [3.63, 3.8) is 0 Å². The van der Waals surface area contributed by atoms with Gasteiger partial charge < -0.3 is 5.32 Å². The van der Waals surface area contributed by atoms with E-state index in [1.807, 2.05) is 29.5 Å². The highest BCUT2D eigenvalue weighted by Gasteiger charge is 2.06. The molecule has 1 N–H and O–H groups in total. The average molecular weight is 284 g/mol. The van der Waals surface area contributed by atoms with Crippen molar-refractivity contribution >= 4 is 12.4 Å². The molecule has 2 aromatic rings. The summed E-state index contributed by atoms with van der Waals surface area (Å²) in [4.78, 5) is 0. The molecule has 2 aromatic heterocycles. The van der Waals surface area contributed by atoms with E-state index >= 15 is 0 Å². The summed E-state index contributed by atoms with van der Waals surface area (Å²) in [6, 6.07) is 4.56. The number of halogens is 1. The molecule has 0 amide bonds. The molecule has 0 aliphatic rings. The van der Waals surface area contributed by atoms with Crippen LogP contribution in [0.25, 0.3) is 0 Å². The van der Waals surface area contributed by atoms with Crippen LogP contribution in [0.3, 0.4) is 0 Å². The fourth-order valence-corrected chi connectivity index (χ4v) is 2.09. The third-order valence-corrected chi connectivity index (χ3v) is 2.95. The van der Waals surface area contributed by atoms with Crippen LogP contribution in [-0.4, -0.2) is 19.6 Å². The Bertz CT molecular complexity index is 515. The standard InChI is InChI=1S/C13H21N5.ClH/c1-10(2)18-12(5-6-15-18)8-14-9-13-7-11(3)16-17(13)4;/h5-7,10,14H,8-9H2,1-4H3;1H. The summed E-state index contributed by atoms with van der Waals surface area (Å²) in [5.41, 5.74) is 3.47. The first-order chi connectivity index (χ1) is 8.58. The van der Waals surface area contributed by atoms with Gasteiger partial charge in [-0.3, -0.25) is 9.36 Å². The molecule has 0 atom stereocenters. The minimum Gasteiger partial charge on any atom is -0.306 e. The van der Waals surface area contributed by atoms with Gasteiger partial charge in [0.2, 0.25) is 0 Å². The molecule has 0 spiro atoms. The zero-order valence-electron chi connectivity index (χ0n) is 11.9. The van der Waals surface area contributed by atoms with Gasteiger partial charge in [-0.05, 0) is 32.9 Å². The largest absolute Gasteiger partial charge is 0.306 e. The van der Waals surface area contributed by atoms with Crippen LogP contribution in [0.1, 0.15) is 37.0 Å². The second kappa shape index (κ2) is 6.73. The molecule has 0 aromatic carbocycles. The number of nitrogens with one attached hydrogen (secondary N) is 1. The van der Waals surface area contributed by atoms with Crippen LogP contribution in [0.4, 0.5) is 0 Å². The molecule has 0 fully saturated rings. The molecule has 0 unspecified atom stereocenters. The van der Waals surface area contributed by atoms with Gasteiger partial charge in [-0.15, -0.1) is 12.4 Å². The highest BCUT2D eigenvalue weighted by molar-refractivity contribution is 5.85. The second-order valence-electron chi connectivity index (χ2n) is 4.87. The lowest BCUT2D eigenvalue weighted by Crippen LogP contribution is -2.18. The summed E-state index contributed by atoms with van der Waals surface area (Å²) in [6.45, 7) is 7.93. The van der Waals surface area contributed by atoms with E-state index in [1.165, 1.54) is 11.4 Å². The van der Waals surface area contributed by atoms with E-state index in [0.717, 1.165) is 18.8 Å². The zero-order chi connectivity index (χ0) is 13.1. The highest BCUT2D eigenvalue weighted by atomic mass is 35.5. The fourth-order valence-electron chi connectivity index (χ4n) is 2.09. The number of nitrogens with zero attached hydrogens (tertiary/aromatic N) is 4. The second-order valence-corrected chi connectivity index (χ2v) is 4.87. The number of aryl methyl sites for hydroxylation is 2. The summed E-state index contributed by atoms with van der Waals surface area (Å²) in [5, 5.41) is 12.1. The maximum Gasteiger partial charge on any atom is 0.0597 e. The first kappa shape index (κ1) is 15.7. The predicted octanol–water partition coefficient (Wildman–Crippen LogP) is 2.22. The summed E-state index contributed by atoms with van der Waals surface area (Å²) in [6.07, 6.45) is 1.85. The Kier molecular flexibility index (Phi) is 5.57. The normalized spacial score (nSPS) is 10.8. The van der Waals surface area contributed by atoms with Crippen molar-refractivity contribution in [2.45, 2.75) is 39.9 Å². The topological polar surface area (TPSA) is 47.7 Å². The molecule has 0 aliphatic carbocycles. The molecule has 2 heterocycles. The van der Waals surface area contributed by atoms with Gasteiger partial charge in [0.05, 0.1) is 17.1 Å². The lowest BCUT2D eigenvalue weighted by atomic mass is 10.3. The maximum absolute atomic E-state index is 4.33. The molecule has 5 nitrogen and oxygen atoms in total. The quantitative estimate of drug-likeness (QED) is 0.915. The third kappa shape index (κ3) is 3.81. The Morgan fingerprint density at radius 2 is 1.95 bits per heavy atom. The molecule has 2 rings (SSSR count). The van der Waals surface area contributed by atoms with Crippen LogP contribution in [0, 0.1) is 6.92 Å². The van der Waals surface area contributed by atoms with E-state index in [1.54, 1.807) is 0 Å².